The molecule has 2 N–H and O–H groups in total. The van der Waals surface area contributed by atoms with Gasteiger partial charge in [0.15, 0.2) is 5.78 Å². The molecule has 2 aromatic carbocycles. The van der Waals surface area contributed by atoms with E-state index in [-0.39, 0.29) is 17.4 Å². The van der Waals surface area contributed by atoms with Crippen molar-refractivity contribution < 1.29 is 18.0 Å². The first-order valence-electron chi connectivity index (χ1n) is 8.84. The molecular weight excluding hydrogens is 421 g/mol. The molecule has 1 fully saturated rings. The van der Waals surface area contributed by atoms with E-state index in [9.17, 15) is 18.0 Å². The summed E-state index contributed by atoms with van der Waals surface area (Å²) in [7, 11) is 0. The smallest absolute Gasteiger partial charge is 0.292 e. The molecule has 0 saturated carbocycles. The Morgan fingerprint density at radius 3 is 2.34 bits per heavy atom. The molecule has 29 heavy (non-hydrogen) atoms. The maximum Gasteiger partial charge on any atom is 0.416 e. The molecule has 150 valence electrons. The summed E-state index contributed by atoms with van der Waals surface area (Å²) in [6, 6.07) is 15.2. The molecule has 1 aromatic heterocycles. The molecule has 3 nitrogen and oxygen atoms in total. The third kappa shape index (κ3) is 3.83. The minimum absolute atomic E-state index is 0.159. The summed E-state index contributed by atoms with van der Waals surface area (Å²) in [6.45, 7) is 0. The van der Waals surface area contributed by atoms with Crippen LogP contribution < -0.4 is 10.9 Å². The molecule has 2 unspecified atom stereocenters. The van der Waals surface area contributed by atoms with Gasteiger partial charge in [-0.1, -0.05) is 41.9 Å². The second-order valence-corrected chi connectivity index (χ2v) is 8.25. The lowest BCUT2D eigenvalue weighted by molar-refractivity contribution is -0.137. The van der Waals surface area contributed by atoms with Gasteiger partial charge in [0, 0.05) is 21.5 Å². The summed E-state index contributed by atoms with van der Waals surface area (Å²) in [5.74, 6) is -0.280. The number of hydrogen-bond donors (Lipinski definition) is 2. The molecule has 3 aromatic rings. The highest BCUT2D eigenvalue weighted by Crippen LogP contribution is 2.41. The van der Waals surface area contributed by atoms with Gasteiger partial charge in [-0.05, 0) is 47.7 Å². The number of thiophene rings is 1. The molecule has 8 heteroatoms. The number of Topliss-reactive ketones (excluding diaryl/α,β-unsaturated/α-hetero) is 1. The minimum Gasteiger partial charge on any atom is -0.292 e. The SMILES string of the molecule is O=C(c1ccc(C(F)(F)F)cc1)C1(c2cccs2)CC(c2ccc(Cl)cc2)NN1. The van der Waals surface area contributed by atoms with E-state index < -0.39 is 17.3 Å². The summed E-state index contributed by atoms with van der Waals surface area (Å²) in [4.78, 5) is 14.3. The lowest BCUT2D eigenvalue weighted by Gasteiger charge is -2.26. The van der Waals surface area contributed by atoms with Gasteiger partial charge in [0.05, 0.1) is 5.56 Å². The minimum atomic E-state index is -4.44. The van der Waals surface area contributed by atoms with Crippen molar-refractivity contribution in [3.05, 3.63) is 92.6 Å². The third-order valence-corrected chi connectivity index (χ3v) is 6.33. The second-order valence-electron chi connectivity index (χ2n) is 6.86. The van der Waals surface area contributed by atoms with Crippen LogP contribution in [0.5, 0.6) is 0 Å². The quantitative estimate of drug-likeness (QED) is 0.512. The van der Waals surface area contributed by atoms with Crippen molar-refractivity contribution in [1.82, 2.24) is 10.9 Å². The molecule has 0 spiro atoms. The van der Waals surface area contributed by atoms with E-state index in [4.69, 9.17) is 11.6 Å². The molecule has 2 heterocycles. The Morgan fingerprint density at radius 1 is 1.07 bits per heavy atom. The number of alkyl halides is 3. The predicted octanol–water partition coefficient (Wildman–Crippen LogP) is 5.74. The van der Waals surface area contributed by atoms with Crippen molar-refractivity contribution in [2.45, 2.75) is 24.2 Å². The lowest BCUT2D eigenvalue weighted by Crippen LogP contribution is -2.47. The van der Waals surface area contributed by atoms with Crippen LogP contribution in [0.25, 0.3) is 0 Å². The fourth-order valence-corrected chi connectivity index (χ4v) is 4.53. The van der Waals surface area contributed by atoms with Gasteiger partial charge in [0.25, 0.3) is 0 Å². The van der Waals surface area contributed by atoms with Crippen LogP contribution in [0.4, 0.5) is 13.2 Å². The molecule has 1 aliphatic rings. The Balaban J connectivity index is 1.68. The van der Waals surface area contributed by atoms with Crippen molar-refractivity contribution in [3.63, 3.8) is 0 Å². The Morgan fingerprint density at radius 2 is 1.76 bits per heavy atom. The Hall–Kier alpha value is -2.19. The van der Waals surface area contributed by atoms with Crippen molar-refractivity contribution in [2.75, 3.05) is 0 Å². The molecule has 0 amide bonds. The fourth-order valence-electron chi connectivity index (χ4n) is 3.52. The van der Waals surface area contributed by atoms with E-state index in [0.717, 1.165) is 22.6 Å². The zero-order chi connectivity index (χ0) is 20.6. The van der Waals surface area contributed by atoms with E-state index >= 15 is 0 Å². The molecule has 0 bridgehead atoms. The normalized spacial score (nSPS) is 22.0. The zero-order valence-electron chi connectivity index (χ0n) is 15.0. The maximum atomic E-state index is 13.5. The summed E-state index contributed by atoms with van der Waals surface area (Å²) in [6.07, 6.45) is -4.03. The monoisotopic (exact) mass is 436 g/mol. The second kappa shape index (κ2) is 7.57. The van der Waals surface area contributed by atoms with Crippen molar-refractivity contribution in [1.29, 1.82) is 0 Å². The van der Waals surface area contributed by atoms with Crippen LogP contribution >= 0.6 is 22.9 Å². The largest absolute Gasteiger partial charge is 0.416 e. The molecule has 1 saturated heterocycles. The lowest BCUT2D eigenvalue weighted by atomic mass is 9.83. The summed E-state index contributed by atoms with van der Waals surface area (Å²) >= 11 is 7.39. The van der Waals surface area contributed by atoms with Gasteiger partial charge in [0.1, 0.15) is 5.54 Å². The predicted molar refractivity (Wildman–Crippen MR) is 107 cm³/mol. The van der Waals surface area contributed by atoms with Gasteiger partial charge in [-0.15, -0.1) is 11.3 Å². The number of halogens is 4. The van der Waals surface area contributed by atoms with Crippen LogP contribution in [0, 0.1) is 0 Å². The number of ketones is 1. The molecular formula is C21H16ClF3N2OS. The van der Waals surface area contributed by atoms with Crippen LogP contribution in [-0.4, -0.2) is 5.78 Å². The standard InChI is InChI=1S/C21H16ClF3N2OS/c22-16-9-5-13(6-10-16)17-12-20(27-26-17,18-2-1-11-29-18)19(28)14-3-7-15(8-4-14)21(23,24)25/h1-11,17,26-27H,12H2. The van der Waals surface area contributed by atoms with E-state index in [1.165, 1.54) is 23.5 Å². The van der Waals surface area contributed by atoms with Crippen LogP contribution in [0.1, 0.15) is 38.8 Å². The van der Waals surface area contributed by atoms with Gasteiger partial charge in [0.2, 0.25) is 0 Å². The number of benzene rings is 2. The van der Waals surface area contributed by atoms with E-state index in [2.05, 4.69) is 10.9 Å². The molecule has 4 rings (SSSR count). The first-order chi connectivity index (χ1) is 13.8. The summed E-state index contributed by atoms with van der Waals surface area (Å²) < 4.78 is 38.6. The molecule has 0 radical (unpaired) electrons. The van der Waals surface area contributed by atoms with Crippen molar-refractivity contribution in [2.24, 2.45) is 0 Å². The van der Waals surface area contributed by atoms with E-state index in [1.54, 1.807) is 12.1 Å². The van der Waals surface area contributed by atoms with E-state index in [0.29, 0.717) is 11.4 Å². The van der Waals surface area contributed by atoms with Crippen LogP contribution in [0.2, 0.25) is 5.02 Å². The average molecular weight is 437 g/mol. The number of hydrazine groups is 1. The van der Waals surface area contributed by atoms with Gasteiger partial charge >= 0.3 is 6.18 Å². The summed E-state index contributed by atoms with van der Waals surface area (Å²) in [5, 5.41) is 2.49. The number of carbonyl (C=O) groups excluding carboxylic acids is 1. The average Bonchev–Trinajstić information content (AvgIpc) is 3.38. The highest BCUT2D eigenvalue weighted by molar-refractivity contribution is 7.10. The molecule has 0 aliphatic carbocycles. The fraction of sp³-hybridized carbons (Fsp3) is 0.190. The number of hydrogen-bond acceptors (Lipinski definition) is 4. The maximum absolute atomic E-state index is 13.5. The van der Waals surface area contributed by atoms with Crippen LogP contribution in [0.15, 0.2) is 66.0 Å². The van der Waals surface area contributed by atoms with E-state index in [1.807, 2.05) is 29.6 Å². The Labute approximate surface area is 174 Å². The van der Waals surface area contributed by atoms with Crippen molar-refractivity contribution >= 4 is 28.7 Å². The van der Waals surface area contributed by atoms with Gasteiger partial charge in [-0.3, -0.25) is 4.79 Å². The number of nitrogens with one attached hydrogen (secondary N) is 2. The molecule has 2 atom stereocenters. The highest BCUT2D eigenvalue weighted by atomic mass is 35.5. The van der Waals surface area contributed by atoms with Gasteiger partial charge in [-0.25, -0.2) is 10.9 Å². The van der Waals surface area contributed by atoms with Gasteiger partial charge < -0.3 is 0 Å². The first-order valence-corrected chi connectivity index (χ1v) is 10.1. The highest BCUT2D eigenvalue weighted by Gasteiger charge is 2.48. The Bertz CT molecular complexity index is 1000. The Kier molecular flexibility index (Phi) is 5.25. The van der Waals surface area contributed by atoms with Gasteiger partial charge in [-0.2, -0.15) is 13.2 Å². The van der Waals surface area contributed by atoms with Crippen molar-refractivity contribution in [3.8, 4) is 0 Å². The third-order valence-electron chi connectivity index (χ3n) is 5.05. The molecule has 1 aliphatic heterocycles. The topological polar surface area (TPSA) is 41.1 Å². The zero-order valence-corrected chi connectivity index (χ0v) is 16.5. The number of carbonyl (C=O) groups is 1. The van der Waals surface area contributed by atoms with Crippen LogP contribution in [0.3, 0.4) is 0 Å². The number of rotatable bonds is 4. The van der Waals surface area contributed by atoms with Crippen LogP contribution in [-0.2, 0) is 11.7 Å². The first kappa shape index (κ1) is 20.1. The summed E-state index contributed by atoms with van der Waals surface area (Å²) in [5.41, 5.74) is 5.63.